The smallest absolute Gasteiger partial charge is 0.233 e. The summed E-state index contributed by atoms with van der Waals surface area (Å²) in [4.78, 5) is 26.7. The van der Waals surface area contributed by atoms with Crippen molar-refractivity contribution in [3.63, 3.8) is 0 Å². The van der Waals surface area contributed by atoms with Gasteiger partial charge >= 0.3 is 0 Å². The summed E-state index contributed by atoms with van der Waals surface area (Å²) < 4.78 is 11.2. The van der Waals surface area contributed by atoms with E-state index in [2.05, 4.69) is 34.9 Å². The van der Waals surface area contributed by atoms with Crippen LogP contribution in [0.25, 0.3) is 22.2 Å². The molecule has 1 atom stereocenters. The number of aryl methyl sites for hydroxylation is 2. The Morgan fingerprint density at radius 1 is 1.25 bits per heavy atom. The number of nitrogens with one attached hydrogen (secondary N) is 1. The van der Waals surface area contributed by atoms with Crippen LogP contribution in [0.5, 0.6) is 0 Å². The van der Waals surface area contributed by atoms with Gasteiger partial charge in [0.2, 0.25) is 5.91 Å². The molecule has 144 valence electrons. The molecule has 0 aromatic carbocycles. The molecule has 3 aromatic rings. The van der Waals surface area contributed by atoms with Crippen molar-refractivity contribution in [2.75, 3.05) is 31.3 Å². The van der Waals surface area contributed by atoms with E-state index in [4.69, 9.17) is 9.47 Å². The summed E-state index contributed by atoms with van der Waals surface area (Å²) in [7, 11) is 0. The Bertz CT molecular complexity index is 1070. The van der Waals surface area contributed by atoms with Crippen LogP contribution in [0.1, 0.15) is 16.8 Å². The molecule has 0 saturated carbocycles. The SMILES string of the molecule is Cc1c[nH]c2ncc(-c3cnc4c(c3)N(C[C@H]3COCCO3)C(=O)C4)c(C)c12. The number of hydrogen-bond acceptors (Lipinski definition) is 5. The first-order valence-corrected chi connectivity index (χ1v) is 9.54. The number of ether oxygens (including phenoxy) is 2. The molecule has 1 amide bonds. The number of nitrogens with zero attached hydrogens (tertiary/aromatic N) is 3. The quantitative estimate of drug-likeness (QED) is 0.758. The van der Waals surface area contributed by atoms with Crippen LogP contribution >= 0.6 is 0 Å². The van der Waals surface area contributed by atoms with E-state index in [9.17, 15) is 4.79 Å². The van der Waals surface area contributed by atoms with Gasteiger partial charge in [0.05, 0.1) is 50.3 Å². The number of aromatic amines is 1. The molecule has 2 aliphatic heterocycles. The number of carbonyl (C=O) groups is 1. The lowest BCUT2D eigenvalue weighted by Crippen LogP contribution is -2.41. The zero-order valence-electron chi connectivity index (χ0n) is 16.0. The van der Waals surface area contributed by atoms with Crippen LogP contribution in [0.15, 0.2) is 24.7 Å². The molecule has 5 heterocycles. The summed E-state index contributed by atoms with van der Waals surface area (Å²) in [5.74, 6) is 0.0561. The third-order valence-corrected chi connectivity index (χ3v) is 5.60. The van der Waals surface area contributed by atoms with Gasteiger partial charge in [-0.05, 0) is 31.0 Å². The highest BCUT2D eigenvalue weighted by molar-refractivity contribution is 6.01. The lowest BCUT2D eigenvalue weighted by Gasteiger charge is -2.27. The van der Waals surface area contributed by atoms with E-state index in [-0.39, 0.29) is 12.0 Å². The zero-order chi connectivity index (χ0) is 19.3. The van der Waals surface area contributed by atoms with Crippen LogP contribution in [-0.2, 0) is 20.7 Å². The molecule has 1 saturated heterocycles. The van der Waals surface area contributed by atoms with Gasteiger partial charge < -0.3 is 19.4 Å². The number of amides is 1. The van der Waals surface area contributed by atoms with Crippen LogP contribution in [0.3, 0.4) is 0 Å². The van der Waals surface area contributed by atoms with Crippen LogP contribution in [-0.4, -0.2) is 53.3 Å². The Labute approximate surface area is 162 Å². The molecule has 5 rings (SSSR count). The van der Waals surface area contributed by atoms with E-state index < -0.39 is 0 Å². The van der Waals surface area contributed by atoms with E-state index in [0.29, 0.717) is 32.8 Å². The highest BCUT2D eigenvalue weighted by Gasteiger charge is 2.32. The van der Waals surface area contributed by atoms with Gasteiger partial charge in [-0.3, -0.25) is 9.78 Å². The van der Waals surface area contributed by atoms with Crippen LogP contribution in [0, 0.1) is 13.8 Å². The van der Waals surface area contributed by atoms with Gasteiger partial charge in [0.1, 0.15) is 5.65 Å². The number of carbonyl (C=O) groups excluding carboxylic acids is 1. The third-order valence-electron chi connectivity index (χ3n) is 5.60. The first-order chi connectivity index (χ1) is 13.6. The second-order valence-electron chi connectivity index (χ2n) is 7.43. The Hall–Kier alpha value is -2.77. The van der Waals surface area contributed by atoms with Gasteiger partial charge in [0.25, 0.3) is 0 Å². The average Bonchev–Trinajstić information content (AvgIpc) is 3.23. The highest BCUT2D eigenvalue weighted by Crippen LogP contribution is 2.35. The Balaban J connectivity index is 1.53. The monoisotopic (exact) mass is 378 g/mol. The number of fused-ring (bicyclic) bond motifs is 2. The lowest BCUT2D eigenvalue weighted by molar-refractivity contribution is -0.119. The molecule has 7 nitrogen and oxygen atoms in total. The summed E-state index contributed by atoms with van der Waals surface area (Å²) in [5, 5.41) is 1.14. The fraction of sp³-hybridized carbons (Fsp3) is 0.381. The van der Waals surface area contributed by atoms with Crippen molar-refractivity contribution < 1.29 is 14.3 Å². The van der Waals surface area contributed by atoms with Crippen molar-refractivity contribution in [1.82, 2.24) is 15.0 Å². The van der Waals surface area contributed by atoms with Gasteiger partial charge in [-0.15, -0.1) is 0 Å². The van der Waals surface area contributed by atoms with E-state index in [1.165, 1.54) is 5.56 Å². The summed E-state index contributed by atoms with van der Waals surface area (Å²) in [6, 6.07) is 2.05. The molecule has 0 unspecified atom stereocenters. The molecule has 28 heavy (non-hydrogen) atoms. The van der Waals surface area contributed by atoms with Gasteiger partial charge in [-0.1, -0.05) is 0 Å². The molecule has 1 N–H and O–H groups in total. The fourth-order valence-electron chi connectivity index (χ4n) is 4.15. The molecule has 0 radical (unpaired) electrons. The summed E-state index contributed by atoms with van der Waals surface area (Å²) in [6.07, 6.45) is 5.91. The van der Waals surface area contributed by atoms with Gasteiger partial charge in [-0.2, -0.15) is 0 Å². The van der Waals surface area contributed by atoms with Crippen LogP contribution < -0.4 is 4.90 Å². The molecule has 0 spiro atoms. The Morgan fingerprint density at radius 3 is 2.96 bits per heavy atom. The van der Waals surface area contributed by atoms with Gasteiger partial charge in [0.15, 0.2) is 0 Å². The second-order valence-corrected chi connectivity index (χ2v) is 7.43. The normalized spacial score (nSPS) is 19.4. The molecule has 0 bridgehead atoms. The number of pyridine rings is 2. The van der Waals surface area contributed by atoms with E-state index in [1.807, 2.05) is 18.6 Å². The third kappa shape index (κ3) is 2.78. The number of anilines is 1. The van der Waals surface area contributed by atoms with Crippen molar-refractivity contribution in [3.05, 3.63) is 41.5 Å². The standard InChI is InChI=1S/C21H22N4O3/c1-12-7-23-21-20(12)13(2)16(9-24-21)14-5-18-17(22-8-14)6-19(26)25(18)10-15-11-27-3-4-28-15/h5,7-9,15H,3-4,6,10-11H2,1-2H3,(H,23,24)/t15-/m0/s1. The van der Waals surface area contributed by atoms with Gasteiger partial charge in [-0.25, -0.2) is 4.98 Å². The summed E-state index contributed by atoms with van der Waals surface area (Å²) in [6.45, 7) is 6.36. The Morgan fingerprint density at radius 2 is 2.14 bits per heavy atom. The van der Waals surface area contributed by atoms with E-state index in [0.717, 1.165) is 39.1 Å². The summed E-state index contributed by atoms with van der Waals surface area (Å²) in [5.41, 5.74) is 6.89. The van der Waals surface area contributed by atoms with E-state index in [1.54, 1.807) is 4.90 Å². The summed E-state index contributed by atoms with van der Waals surface area (Å²) >= 11 is 0. The fourth-order valence-corrected chi connectivity index (χ4v) is 4.15. The largest absolute Gasteiger partial charge is 0.376 e. The zero-order valence-corrected chi connectivity index (χ0v) is 16.0. The molecular weight excluding hydrogens is 356 g/mol. The molecule has 2 aliphatic rings. The number of hydrogen-bond donors (Lipinski definition) is 1. The predicted molar refractivity (Wildman–Crippen MR) is 105 cm³/mol. The van der Waals surface area contributed by atoms with Crippen molar-refractivity contribution >= 4 is 22.6 Å². The molecule has 3 aromatic heterocycles. The maximum absolute atomic E-state index is 12.6. The first-order valence-electron chi connectivity index (χ1n) is 9.54. The number of aromatic nitrogens is 3. The minimum atomic E-state index is -0.102. The van der Waals surface area contributed by atoms with Crippen LogP contribution in [0.4, 0.5) is 5.69 Å². The van der Waals surface area contributed by atoms with Crippen molar-refractivity contribution in [2.24, 2.45) is 0 Å². The van der Waals surface area contributed by atoms with Crippen molar-refractivity contribution in [1.29, 1.82) is 0 Å². The highest BCUT2D eigenvalue weighted by atomic mass is 16.6. The maximum Gasteiger partial charge on any atom is 0.233 e. The van der Waals surface area contributed by atoms with Crippen LogP contribution in [0.2, 0.25) is 0 Å². The maximum atomic E-state index is 12.6. The predicted octanol–water partition coefficient (Wildman–Crippen LogP) is 2.55. The molecular formula is C21H22N4O3. The van der Waals surface area contributed by atoms with Gasteiger partial charge in [0, 0.05) is 35.1 Å². The second kappa shape index (κ2) is 6.68. The minimum absolute atomic E-state index is 0.0561. The minimum Gasteiger partial charge on any atom is -0.376 e. The number of H-pyrrole nitrogens is 1. The molecule has 0 aliphatic carbocycles. The molecule has 1 fully saturated rings. The molecule has 7 heteroatoms. The lowest BCUT2D eigenvalue weighted by atomic mass is 10.00. The first kappa shape index (κ1) is 17.3. The van der Waals surface area contributed by atoms with Crippen molar-refractivity contribution in [2.45, 2.75) is 26.4 Å². The topological polar surface area (TPSA) is 80.3 Å². The van der Waals surface area contributed by atoms with E-state index >= 15 is 0 Å². The Kier molecular flexibility index (Phi) is 4.14. The van der Waals surface area contributed by atoms with Crippen molar-refractivity contribution in [3.8, 4) is 11.1 Å². The average molecular weight is 378 g/mol. The number of rotatable bonds is 3.